The van der Waals surface area contributed by atoms with Crippen molar-refractivity contribution in [3.63, 3.8) is 0 Å². The first kappa shape index (κ1) is 11.2. The lowest BCUT2D eigenvalue weighted by Crippen LogP contribution is -2.20. The molecule has 0 radical (unpaired) electrons. The van der Waals surface area contributed by atoms with Crippen molar-refractivity contribution < 1.29 is 0 Å². The Morgan fingerprint density at radius 3 is 2.46 bits per heavy atom. The molecular formula is C9H10I2N2. The van der Waals surface area contributed by atoms with E-state index in [2.05, 4.69) is 48.2 Å². The van der Waals surface area contributed by atoms with Crippen LogP contribution < -0.4 is 0 Å². The highest BCUT2D eigenvalue weighted by molar-refractivity contribution is 14.1. The van der Waals surface area contributed by atoms with Crippen LogP contribution in [-0.2, 0) is 0 Å². The van der Waals surface area contributed by atoms with E-state index in [4.69, 9.17) is 0 Å². The third-order valence-electron chi connectivity index (χ3n) is 1.62. The average molecular weight is 400 g/mol. The Balaban J connectivity index is 2.93. The fraction of sp³-hybridized carbons (Fsp3) is 0.222. The first-order valence-electron chi connectivity index (χ1n) is 3.97. The van der Waals surface area contributed by atoms with Crippen LogP contribution in [0.3, 0.4) is 0 Å². The molecule has 1 aromatic rings. The molecule has 13 heavy (non-hydrogen) atoms. The summed E-state index contributed by atoms with van der Waals surface area (Å²) < 4.78 is 6.33. The molecular weight excluding hydrogens is 390 g/mol. The van der Waals surface area contributed by atoms with Crippen LogP contribution in [0, 0.1) is 0 Å². The largest absolute Gasteiger partial charge is 0.299 e. The first-order chi connectivity index (χ1) is 6.29. The zero-order valence-electron chi connectivity index (χ0n) is 7.24. The summed E-state index contributed by atoms with van der Waals surface area (Å²) in [5.41, 5.74) is 1.16. The van der Waals surface area contributed by atoms with E-state index in [0.29, 0.717) is 0 Å². The molecule has 0 spiro atoms. The molecule has 0 aliphatic rings. The van der Waals surface area contributed by atoms with Gasteiger partial charge in [0, 0.05) is 12.1 Å². The van der Waals surface area contributed by atoms with Gasteiger partial charge in [0.1, 0.15) is 0 Å². The van der Waals surface area contributed by atoms with E-state index < -0.39 is 0 Å². The molecule has 0 N–H and O–H groups in total. The van der Waals surface area contributed by atoms with Crippen molar-refractivity contribution in [1.29, 1.82) is 0 Å². The van der Waals surface area contributed by atoms with Crippen LogP contribution in [0.5, 0.6) is 0 Å². The maximum Gasteiger partial charge on any atom is 0.150 e. The molecule has 0 amide bonds. The van der Waals surface area contributed by atoms with Gasteiger partial charge in [-0.2, -0.15) is 3.21 Å². The van der Waals surface area contributed by atoms with Crippen molar-refractivity contribution in [1.82, 2.24) is 3.11 Å². The summed E-state index contributed by atoms with van der Waals surface area (Å²) >= 11 is 4.30. The van der Waals surface area contributed by atoms with E-state index in [1.54, 1.807) is 0 Å². The maximum absolute atomic E-state index is 4.23. The molecule has 0 aliphatic carbocycles. The summed E-state index contributed by atoms with van der Waals surface area (Å²) in [6.45, 7) is 3.06. The van der Waals surface area contributed by atoms with Crippen LogP contribution in [0.15, 0.2) is 33.5 Å². The van der Waals surface area contributed by atoms with Crippen molar-refractivity contribution in [2.75, 3.05) is 6.54 Å². The van der Waals surface area contributed by atoms with Gasteiger partial charge in [-0.1, -0.05) is 30.3 Å². The molecule has 70 valence electrons. The zero-order valence-corrected chi connectivity index (χ0v) is 11.6. The second kappa shape index (κ2) is 5.79. The predicted molar refractivity (Wildman–Crippen MR) is 73.4 cm³/mol. The summed E-state index contributed by atoms with van der Waals surface area (Å²) in [6.07, 6.45) is 0. The summed E-state index contributed by atoms with van der Waals surface area (Å²) in [5, 5.41) is 0. The molecule has 0 atom stereocenters. The van der Waals surface area contributed by atoms with Crippen molar-refractivity contribution in [3.05, 3.63) is 35.9 Å². The number of rotatable bonds is 2. The Bertz CT molecular complexity index is 285. The number of nitrogens with zero attached hydrogens (tertiary/aromatic N) is 2. The lowest BCUT2D eigenvalue weighted by molar-refractivity contribution is 0.767. The Morgan fingerprint density at radius 1 is 1.38 bits per heavy atom. The van der Waals surface area contributed by atoms with Gasteiger partial charge in [0.05, 0.1) is 45.7 Å². The smallest absolute Gasteiger partial charge is 0.150 e. The van der Waals surface area contributed by atoms with Gasteiger partial charge in [-0.25, -0.2) is 0 Å². The van der Waals surface area contributed by atoms with Crippen LogP contribution in [0.1, 0.15) is 12.5 Å². The third-order valence-corrected chi connectivity index (χ3v) is 3.22. The SMILES string of the molecule is CCN(I)/C(=N\I)c1ccccc1. The maximum atomic E-state index is 4.23. The van der Waals surface area contributed by atoms with Crippen molar-refractivity contribution in [2.24, 2.45) is 3.21 Å². The highest BCUT2D eigenvalue weighted by Crippen LogP contribution is 2.11. The predicted octanol–water partition coefficient (Wildman–Crippen LogP) is 3.46. The van der Waals surface area contributed by atoms with E-state index in [1.165, 1.54) is 0 Å². The third kappa shape index (κ3) is 3.08. The monoisotopic (exact) mass is 400 g/mol. The molecule has 0 saturated carbocycles. The minimum atomic E-state index is 0.956. The molecule has 4 heteroatoms. The number of hydrogen-bond donors (Lipinski definition) is 0. The van der Waals surface area contributed by atoms with Gasteiger partial charge in [0.15, 0.2) is 5.84 Å². The van der Waals surface area contributed by atoms with Gasteiger partial charge in [-0.3, -0.25) is 3.11 Å². The van der Waals surface area contributed by atoms with E-state index >= 15 is 0 Å². The first-order valence-corrected chi connectivity index (χ1v) is 5.90. The Labute approximate surface area is 106 Å². The summed E-state index contributed by atoms with van der Waals surface area (Å²) in [4.78, 5) is 0. The second-order valence-electron chi connectivity index (χ2n) is 2.45. The lowest BCUT2D eigenvalue weighted by Gasteiger charge is -2.15. The van der Waals surface area contributed by atoms with Crippen LogP contribution >= 0.6 is 45.7 Å². The molecule has 1 rings (SSSR count). The molecule has 2 nitrogen and oxygen atoms in total. The molecule has 0 aliphatic heterocycles. The summed E-state index contributed by atoms with van der Waals surface area (Å²) in [6, 6.07) is 10.2. The topological polar surface area (TPSA) is 15.6 Å². The summed E-state index contributed by atoms with van der Waals surface area (Å²) in [5.74, 6) is 1.02. The molecule has 1 aromatic carbocycles. The van der Waals surface area contributed by atoms with Gasteiger partial charge in [0.25, 0.3) is 0 Å². The van der Waals surface area contributed by atoms with E-state index in [1.807, 2.05) is 41.1 Å². The molecule has 0 unspecified atom stereocenters. The van der Waals surface area contributed by atoms with E-state index in [0.717, 1.165) is 17.9 Å². The van der Waals surface area contributed by atoms with Gasteiger partial charge < -0.3 is 0 Å². The van der Waals surface area contributed by atoms with Gasteiger partial charge in [-0.05, 0) is 6.92 Å². The number of amidine groups is 1. The molecule has 0 aromatic heterocycles. The Morgan fingerprint density at radius 2 is 2.00 bits per heavy atom. The minimum absolute atomic E-state index is 0.956. The normalized spacial score (nSPS) is 11.5. The van der Waals surface area contributed by atoms with Crippen molar-refractivity contribution in [3.8, 4) is 0 Å². The fourth-order valence-electron chi connectivity index (χ4n) is 0.967. The van der Waals surface area contributed by atoms with Crippen LogP contribution in [-0.4, -0.2) is 15.5 Å². The Hall–Kier alpha value is 0.150. The fourth-order valence-corrected chi connectivity index (χ4v) is 2.31. The van der Waals surface area contributed by atoms with Gasteiger partial charge in [-0.15, -0.1) is 0 Å². The second-order valence-corrected chi connectivity index (χ2v) is 4.10. The van der Waals surface area contributed by atoms with Crippen LogP contribution in [0.4, 0.5) is 0 Å². The minimum Gasteiger partial charge on any atom is -0.299 e. The van der Waals surface area contributed by atoms with Crippen LogP contribution in [0.2, 0.25) is 0 Å². The lowest BCUT2D eigenvalue weighted by atomic mass is 10.2. The highest BCUT2D eigenvalue weighted by Gasteiger charge is 2.07. The van der Waals surface area contributed by atoms with Crippen LogP contribution in [0.25, 0.3) is 0 Å². The number of halogens is 2. The van der Waals surface area contributed by atoms with Crippen molar-refractivity contribution in [2.45, 2.75) is 6.92 Å². The van der Waals surface area contributed by atoms with Gasteiger partial charge >= 0.3 is 0 Å². The van der Waals surface area contributed by atoms with Gasteiger partial charge in [0.2, 0.25) is 0 Å². The quantitative estimate of drug-likeness (QED) is 0.322. The number of hydrogen-bond acceptors (Lipinski definition) is 1. The molecule has 0 saturated heterocycles. The van der Waals surface area contributed by atoms with E-state index in [9.17, 15) is 0 Å². The average Bonchev–Trinajstić information content (AvgIpc) is 2.20. The zero-order chi connectivity index (χ0) is 9.68. The van der Waals surface area contributed by atoms with E-state index in [-0.39, 0.29) is 0 Å². The number of benzene rings is 1. The van der Waals surface area contributed by atoms with Crippen molar-refractivity contribution >= 4 is 51.6 Å². The molecule has 0 heterocycles. The highest BCUT2D eigenvalue weighted by atomic mass is 127. The summed E-state index contributed by atoms with van der Waals surface area (Å²) in [7, 11) is 0. The molecule has 0 bridgehead atoms. The Kier molecular flexibility index (Phi) is 5.00. The molecule has 0 fully saturated rings. The standard InChI is InChI=1S/C9H10I2N2/c1-2-13(11)9(12-10)8-6-4-3-5-7-8/h3-7H,2H2,1H3/b12-9-.